The van der Waals surface area contributed by atoms with Crippen molar-refractivity contribution < 1.29 is 0 Å². The third-order valence-corrected chi connectivity index (χ3v) is 3.22. The summed E-state index contributed by atoms with van der Waals surface area (Å²) in [6.07, 6.45) is 1.63. The molecule has 1 N–H and O–H groups in total. The number of rotatable bonds is 4. The Bertz CT molecular complexity index is 587. The Morgan fingerprint density at radius 2 is 2.05 bits per heavy atom. The highest BCUT2D eigenvalue weighted by Gasteiger charge is 2.07. The van der Waals surface area contributed by atoms with E-state index in [0.29, 0.717) is 12.2 Å². The molecule has 96 valence electrons. The van der Waals surface area contributed by atoms with Crippen molar-refractivity contribution in [2.24, 2.45) is 0 Å². The van der Waals surface area contributed by atoms with Crippen molar-refractivity contribution >= 4 is 11.6 Å². The first kappa shape index (κ1) is 13.5. The molecule has 1 atom stereocenters. The second-order valence-electron chi connectivity index (χ2n) is 4.28. The van der Waals surface area contributed by atoms with Gasteiger partial charge in [0.05, 0.1) is 0 Å². The molecule has 0 saturated carbocycles. The molecule has 0 fully saturated rings. The van der Waals surface area contributed by atoms with Gasteiger partial charge in [-0.3, -0.25) is 0 Å². The van der Waals surface area contributed by atoms with Gasteiger partial charge in [-0.15, -0.1) is 0 Å². The molecule has 0 aliphatic heterocycles. The van der Waals surface area contributed by atoms with Crippen LogP contribution in [0.2, 0.25) is 5.02 Å². The van der Waals surface area contributed by atoms with Crippen molar-refractivity contribution in [2.75, 3.05) is 0 Å². The SMILES string of the molecule is C[C@@H](NCc1cccnc1C#N)c1ccc(Cl)cc1. The predicted molar refractivity (Wildman–Crippen MR) is 75.7 cm³/mol. The number of nitrogens with one attached hydrogen (secondary N) is 1. The lowest BCUT2D eigenvalue weighted by Crippen LogP contribution is -2.18. The Kier molecular flexibility index (Phi) is 4.51. The summed E-state index contributed by atoms with van der Waals surface area (Å²) in [6.45, 7) is 2.69. The summed E-state index contributed by atoms with van der Waals surface area (Å²) in [6, 6.07) is 13.8. The van der Waals surface area contributed by atoms with Crippen molar-refractivity contribution in [3.05, 3.63) is 64.4 Å². The summed E-state index contributed by atoms with van der Waals surface area (Å²) < 4.78 is 0. The van der Waals surface area contributed by atoms with Crippen LogP contribution >= 0.6 is 11.6 Å². The summed E-state index contributed by atoms with van der Waals surface area (Å²) in [4.78, 5) is 4.04. The van der Waals surface area contributed by atoms with Gasteiger partial charge in [0.25, 0.3) is 0 Å². The highest BCUT2D eigenvalue weighted by molar-refractivity contribution is 6.30. The molecular weight excluding hydrogens is 258 g/mol. The Morgan fingerprint density at radius 3 is 2.74 bits per heavy atom. The minimum atomic E-state index is 0.184. The molecule has 0 aliphatic carbocycles. The van der Waals surface area contributed by atoms with Crippen LogP contribution in [0, 0.1) is 11.3 Å². The molecule has 0 aliphatic rings. The molecule has 0 spiro atoms. The van der Waals surface area contributed by atoms with Crippen LogP contribution in [0.1, 0.15) is 29.8 Å². The van der Waals surface area contributed by atoms with E-state index in [0.717, 1.165) is 16.1 Å². The largest absolute Gasteiger partial charge is 0.306 e. The van der Waals surface area contributed by atoms with Gasteiger partial charge >= 0.3 is 0 Å². The van der Waals surface area contributed by atoms with Crippen LogP contribution in [0.4, 0.5) is 0 Å². The summed E-state index contributed by atoms with van der Waals surface area (Å²) >= 11 is 5.86. The second kappa shape index (κ2) is 6.33. The summed E-state index contributed by atoms with van der Waals surface area (Å²) in [5.41, 5.74) is 2.54. The van der Waals surface area contributed by atoms with Crippen LogP contribution in [0.15, 0.2) is 42.6 Å². The van der Waals surface area contributed by atoms with Crippen LogP contribution < -0.4 is 5.32 Å². The quantitative estimate of drug-likeness (QED) is 0.926. The highest BCUT2D eigenvalue weighted by Crippen LogP contribution is 2.16. The second-order valence-corrected chi connectivity index (χ2v) is 4.71. The number of nitriles is 1. The molecular formula is C15H14ClN3. The van der Waals surface area contributed by atoms with Crippen LogP contribution in [-0.4, -0.2) is 4.98 Å². The van der Waals surface area contributed by atoms with E-state index in [-0.39, 0.29) is 6.04 Å². The van der Waals surface area contributed by atoms with Gasteiger partial charge in [0.15, 0.2) is 0 Å². The number of hydrogen-bond donors (Lipinski definition) is 1. The minimum Gasteiger partial charge on any atom is -0.306 e. The van der Waals surface area contributed by atoms with E-state index in [1.54, 1.807) is 6.20 Å². The average Bonchev–Trinajstić information content (AvgIpc) is 2.45. The van der Waals surface area contributed by atoms with Crippen molar-refractivity contribution in [1.29, 1.82) is 5.26 Å². The van der Waals surface area contributed by atoms with Gasteiger partial charge in [-0.05, 0) is 30.7 Å². The topological polar surface area (TPSA) is 48.7 Å². The molecule has 2 rings (SSSR count). The number of nitrogens with zero attached hydrogens (tertiary/aromatic N) is 2. The van der Waals surface area contributed by atoms with Crippen LogP contribution in [0.3, 0.4) is 0 Å². The Morgan fingerprint density at radius 1 is 1.32 bits per heavy atom. The predicted octanol–water partition coefficient (Wildman–Crippen LogP) is 3.46. The number of aromatic nitrogens is 1. The van der Waals surface area contributed by atoms with Crippen molar-refractivity contribution in [3.8, 4) is 6.07 Å². The lowest BCUT2D eigenvalue weighted by atomic mass is 10.1. The fourth-order valence-corrected chi connectivity index (χ4v) is 1.94. The summed E-state index contributed by atoms with van der Waals surface area (Å²) in [5, 5.41) is 13.1. The molecule has 0 amide bonds. The van der Waals surface area contributed by atoms with Gasteiger partial charge in [-0.25, -0.2) is 4.98 Å². The van der Waals surface area contributed by atoms with Crippen molar-refractivity contribution in [1.82, 2.24) is 10.3 Å². The number of pyridine rings is 1. The van der Waals surface area contributed by atoms with Gasteiger partial charge in [0, 0.05) is 29.4 Å². The summed E-state index contributed by atoms with van der Waals surface area (Å²) in [5.74, 6) is 0. The highest BCUT2D eigenvalue weighted by atomic mass is 35.5. The Labute approximate surface area is 117 Å². The maximum Gasteiger partial charge on any atom is 0.144 e. The number of hydrogen-bond acceptors (Lipinski definition) is 3. The van der Waals surface area contributed by atoms with Crippen LogP contribution in [0.5, 0.6) is 0 Å². The summed E-state index contributed by atoms with van der Waals surface area (Å²) in [7, 11) is 0. The lowest BCUT2D eigenvalue weighted by Gasteiger charge is -2.14. The lowest BCUT2D eigenvalue weighted by molar-refractivity contribution is 0.573. The first-order valence-corrected chi connectivity index (χ1v) is 6.41. The van der Waals surface area contributed by atoms with Crippen molar-refractivity contribution in [3.63, 3.8) is 0 Å². The van der Waals surface area contributed by atoms with Gasteiger partial charge in [0.1, 0.15) is 11.8 Å². The molecule has 0 radical (unpaired) electrons. The number of benzene rings is 1. The van der Waals surface area contributed by atoms with E-state index in [4.69, 9.17) is 16.9 Å². The van der Waals surface area contributed by atoms with E-state index in [9.17, 15) is 0 Å². The smallest absolute Gasteiger partial charge is 0.144 e. The normalized spacial score (nSPS) is 11.8. The van der Waals surface area contributed by atoms with Gasteiger partial charge in [0.2, 0.25) is 0 Å². The third kappa shape index (κ3) is 3.54. The first-order chi connectivity index (χ1) is 9.20. The van der Waals surface area contributed by atoms with Crippen LogP contribution in [-0.2, 0) is 6.54 Å². The van der Waals surface area contributed by atoms with Crippen LogP contribution in [0.25, 0.3) is 0 Å². The zero-order valence-electron chi connectivity index (χ0n) is 10.6. The first-order valence-electron chi connectivity index (χ1n) is 6.03. The van der Waals surface area contributed by atoms with Gasteiger partial charge in [-0.1, -0.05) is 29.8 Å². The third-order valence-electron chi connectivity index (χ3n) is 2.97. The molecule has 2 aromatic rings. The van der Waals surface area contributed by atoms with E-state index < -0.39 is 0 Å². The van der Waals surface area contributed by atoms with E-state index in [1.165, 1.54) is 0 Å². The van der Waals surface area contributed by atoms with Gasteiger partial charge < -0.3 is 5.32 Å². The average molecular weight is 272 g/mol. The molecule has 0 unspecified atom stereocenters. The fraction of sp³-hybridized carbons (Fsp3) is 0.200. The van der Waals surface area contributed by atoms with E-state index in [1.807, 2.05) is 36.4 Å². The molecule has 19 heavy (non-hydrogen) atoms. The van der Waals surface area contributed by atoms with Crippen molar-refractivity contribution in [2.45, 2.75) is 19.5 Å². The zero-order valence-corrected chi connectivity index (χ0v) is 11.4. The maximum atomic E-state index is 8.98. The molecule has 4 heteroatoms. The standard InChI is InChI=1S/C15H14ClN3/c1-11(12-4-6-14(16)7-5-12)19-10-13-3-2-8-18-15(13)9-17/h2-8,11,19H,10H2,1H3/t11-/m1/s1. The fourth-order valence-electron chi connectivity index (χ4n) is 1.81. The van der Waals surface area contributed by atoms with Gasteiger partial charge in [-0.2, -0.15) is 5.26 Å². The molecule has 3 nitrogen and oxygen atoms in total. The molecule has 1 heterocycles. The van der Waals surface area contributed by atoms with E-state index in [2.05, 4.69) is 23.3 Å². The maximum absolute atomic E-state index is 8.98. The van der Waals surface area contributed by atoms with E-state index >= 15 is 0 Å². The molecule has 0 bridgehead atoms. The molecule has 0 saturated heterocycles. The monoisotopic (exact) mass is 271 g/mol. The Balaban J connectivity index is 2.02. The molecule has 1 aromatic carbocycles. The zero-order chi connectivity index (χ0) is 13.7. The molecule has 1 aromatic heterocycles. The Hall–Kier alpha value is -1.89. The number of halogens is 1. The minimum absolute atomic E-state index is 0.184.